The van der Waals surface area contributed by atoms with E-state index in [1.54, 1.807) is 18.2 Å². The SMILES string of the molecule is COc1cc(-c2c(C#N)c(N)nc(SCCC(=O)Nc3nc(-c4ccccc4Cl)cs3)c2C#N)cc(OC)c1OC. The lowest BCUT2D eigenvalue weighted by atomic mass is 9.96. The van der Waals surface area contributed by atoms with E-state index in [1.807, 2.05) is 29.6 Å². The minimum Gasteiger partial charge on any atom is -0.493 e. The topological polar surface area (TPSA) is 156 Å². The number of hydrogen-bond acceptors (Lipinski definition) is 11. The number of nitrogens with one attached hydrogen (secondary N) is 1. The number of halogens is 1. The van der Waals surface area contributed by atoms with Crippen LogP contribution >= 0.6 is 34.7 Å². The quantitative estimate of drug-likeness (QED) is 0.205. The molecule has 0 bridgehead atoms. The minimum atomic E-state index is -0.262. The van der Waals surface area contributed by atoms with Crippen LogP contribution in [-0.2, 0) is 4.79 Å². The van der Waals surface area contributed by atoms with Crippen LogP contribution in [0.4, 0.5) is 10.9 Å². The number of carbonyl (C=O) groups is 1. The van der Waals surface area contributed by atoms with Crippen molar-refractivity contribution in [2.75, 3.05) is 38.1 Å². The van der Waals surface area contributed by atoms with E-state index < -0.39 is 0 Å². The number of thioether (sulfide) groups is 1. The standard InChI is InChI=1S/C28H23ClN6O4S2/c1-37-21-10-15(11-22(38-2)25(21)39-3)24-17(12-30)26(32)35-27(18(24)13-31)40-9-8-23(36)34-28-33-20(14-41-28)16-6-4-5-7-19(16)29/h4-7,10-11,14H,8-9H2,1-3H3,(H2,32,35)(H,33,34,36). The Kier molecular flexibility index (Phi) is 9.53. The largest absolute Gasteiger partial charge is 0.493 e. The predicted molar refractivity (Wildman–Crippen MR) is 160 cm³/mol. The predicted octanol–water partition coefficient (Wildman–Crippen LogP) is 6.00. The molecule has 2 aromatic heterocycles. The summed E-state index contributed by atoms with van der Waals surface area (Å²) in [5.41, 5.74) is 8.50. The van der Waals surface area contributed by atoms with E-state index in [4.69, 9.17) is 31.5 Å². The van der Waals surface area contributed by atoms with Gasteiger partial charge in [0.25, 0.3) is 0 Å². The van der Waals surface area contributed by atoms with Gasteiger partial charge in [0.1, 0.15) is 28.5 Å². The highest BCUT2D eigenvalue weighted by Gasteiger charge is 2.24. The van der Waals surface area contributed by atoms with Crippen LogP contribution in [0, 0.1) is 22.7 Å². The molecule has 4 aromatic rings. The number of nitrogen functional groups attached to an aromatic ring is 1. The maximum Gasteiger partial charge on any atom is 0.226 e. The van der Waals surface area contributed by atoms with Crippen molar-refractivity contribution in [1.82, 2.24) is 9.97 Å². The summed E-state index contributed by atoms with van der Waals surface area (Å²) in [5.74, 6) is 1.03. The van der Waals surface area contributed by atoms with Gasteiger partial charge in [0, 0.05) is 33.7 Å². The van der Waals surface area contributed by atoms with Crippen LogP contribution < -0.4 is 25.3 Å². The van der Waals surface area contributed by atoms with E-state index in [-0.39, 0.29) is 45.6 Å². The summed E-state index contributed by atoms with van der Waals surface area (Å²) in [6.45, 7) is 0. The molecule has 2 heterocycles. The molecular formula is C28H23ClN6O4S2. The summed E-state index contributed by atoms with van der Waals surface area (Å²) in [4.78, 5) is 21.4. The number of thiazole rings is 1. The zero-order chi connectivity index (χ0) is 29.5. The lowest BCUT2D eigenvalue weighted by Gasteiger charge is -2.17. The molecule has 0 radical (unpaired) electrons. The Morgan fingerprint density at radius 3 is 2.37 bits per heavy atom. The number of hydrogen-bond donors (Lipinski definition) is 2. The molecular weight excluding hydrogens is 584 g/mol. The van der Waals surface area contributed by atoms with Crippen molar-refractivity contribution in [3.8, 4) is 51.8 Å². The fraction of sp³-hybridized carbons (Fsp3) is 0.179. The Morgan fingerprint density at radius 1 is 1.07 bits per heavy atom. The van der Waals surface area contributed by atoms with E-state index >= 15 is 0 Å². The average Bonchev–Trinajstić information content (AvgIpc) is 3.44. The van der Waals surface area contributed by atoms with Gasteiger partial charge in [-0.05, 0) is 23.8 Å². The first-order valence-corrected chi connectivity index (χ1v) is 14.2. The van der Waals surface area contributed by atoms with Crippen LogP contribution in [0.1, 0.15) is 17.5 Å². The summed E-state index contributed by atoms with van der Waals surface area (Å²) in [7, 11) is 4.41. The minimum absolute atomic E-state index is 0.0380. The van der Waals surface area contributed by atoms with Crippen LogP contribution in [0.2, 0.25) is 5.02 Å². The molecule has 3 N–H and O–H groups in total. The number of rotatable bonds is 10. The molecule has 2 aromatic carbocycles. The van der Waals surface area contributed by atoms with Crippen LogP contribution in [0.15, 0.2) is 46.8 Å². The lowest BCUT2D eigenvalue weighted by Crippen LogP contribution is -2.12. The Labute approximate surface area is 249 Å². The van der Waals surface area contributed by atoms with Gasteiger partial charge < -0.3 is 25.3 Å². The monoisotopic (exact) mass is 606 g/mol. The van der Waals surface area contributed by atoms with E-state index in [2.05, 4.69) is 21.4 Å². The summed E-state index contributed by atoms with van der Waals surface area (Å²) < 4.78 is 16.3. The molecule has 0 unspecified atom stereocenters. The summed E-state index contributed by atoms with van der Waals surface area (Å²) in [6.07, 6.45) is 0.109. The van der Waals surface area contributed by atoms with Gasteiger partial charge in [-0.2, -0.15) is 10.5 Å². The number of ether oxygens (including phenoxy) is 3. The summed E-state index contributed by atoms with van der Waals surface area (Å²) in [6, 6.07) is 14.8. The third-order valence-electron chi connectivity index (χ3n) is 5.84. The Bertz CT molecular complexity index is 1670. The van der Waals surface area contributed by atoms with Crippen molar-refractivity contribution in [3.63, 3.8) is 0 Å². The molecule has 1 amide bonds. The second-order valence-electron chi connectivity index (χ2n) is 8.23. The van der Waals surface area contributed by atoms with E-state index in [0.29, 0.717) is 38.7 Å². The smallest absolute Gasteiger partial charge is 0.226 e. The average molecular weight is 607 g/mol. The number of nitriles is 2. The molecule has 0 spiro atoms. The van der Waals surface area contributed by atoms with Crippen molar-refractivity contribution in [3.05, 3.63) is 57.9 Å². The molecule has 0 aliphatic carbocycles. The first-order chi connectivity index (χ1) is 19.8. The van der Waals surface area contributed by atoms with E-state index in [0.717, 1.165) is 5.56 Å². The number of methoxy groups -OCH3 is 3. The molecule has 13 heteroatoms. The third kappa shape index (κ3) is 6.31. The van der Waals surface area contributed by atoms with Gasteiger partial charge in [0.15, 0.2) is 16.6 Å². The van der Waals surface area contributed by atoms with E-state index in [9.17, 15) is 15.3 Å². The number of aromatic nitrogens is 2. The first kappa shape index (κ1) is 29.5. The van der Waals surface area contributed by atoms with E-state index in [1.165, 1.54) is 44.4 Å². The molecule has 0 aliphatic heterocycles. The van der Waals surface area contributed by atoms with Gasteiger partial charge in [-0.3, -0.25) is 4.79 Å². The summed E-state index contributed by atoms with van der Waals surface area (Å²) in [5, 5.41) is 25.9. The fourth-order valence-electron chi connectivity index (χ4n) is 3.96. The van der Waals surface area contributed by atoms with Crippen LogP contribution in [0.3, 0.4) is 0 Å². The molecule has 208 valence electrons. The van der Waals surface area contributed by atoms with Crippen LogP contribution in [0.25, 0.3) is 22.4 Å². The highest BCUT2D eigenvalue weighted by Crippen LogP contribution is 2.44. The van der Waals surface area contributed by atoms with Gasteiger partial charge >= 0.3 is 0 Å². The highest BCUT2D eigenvalue weighted by atomic mass is 35.5. The van der Waals surface area contributed by atoms with Crippen molar-refractivity contribution in [1.29, 1.82) is 10.5 Å². The Hall–Kier alpha value is -4.49. The molecule has 0 atom stereocenters. The van der Waals surface area contributed by atoms with Gasteiger partial charge in [-0.15, -0.1) is 23.1 Å². The maximum atomic E-state index is 12.7. The Balaban J connectivity index is 1.55. The van der Waals surface area contributed by atoms with Crippen molar-refractivity contribution < 1.29 is 19.0 Å². The molecule has 10 nitrogen and oxygen atoms in total. The second-order valence-corrected chi connectivity index (χ2v) is 10.6. The van der Waals surface area contributed by atoms with Gasteiger partial charge in [0.05, 0.1) is 32.6 Å². The summed E-state index contributed by atoms with van der Waals surface area (Å²) >= 11 is 8.72. The molecule has 0 aliphatic rings. The number of anilines is 2. The normalized spacial score (nSPS) is 10.4. The number of nitrogens with two attached hydrogens (primary N) is 1. The van der Waals surface area contributed by atoms with Crippen molar-refractivity contribution >= 4 is 51.6 Å². The number of nitrogens with zero attached hydrogens (tertiary/aromatic N) is 4. The number of benzene rings is 2. The molecule has 4 rings (SSSR count). The van der Waals surface area contributed by atoms with Crippen molar-refractivity contribution in [2.24, 2.45) is 0 Å². The number of pyridine rings is 1. The van der Waals surface area contributed by atoms with Crippen LogP contribution in [0.5, 0.6) is 17.2 Å². The highest BCUT2D eigenvalue weighted by molar-refractivity contribution is 7.99. The zero-order valence-corrected chi connectivity index (χ0v) is 24.5. The van der Waals surface area contributed by atoms with Gasteiger partial charge in [-0.1, -0.05) is 29.8 Å². The zero-order valence-electron chi connectivity index (χ0n) is 22.1. The molecule has 0 saturated heterocycles. The van der Waals surface area contributed by atoms with Crippen molar-refractivity contribution in [2.45, 2.75) is 11.4 Å². The van der Waals surface area contributed by atoms with Crippen LogP contribution in [-0.4, -0.2) is 43.0 Å². The molecule has 41 heavy (non-hydrogen) atoms. The lowest BCUT2D eigenvalue weighted by molar-refractivity contribution is -0.115. The first-order valence-electron chi connectivity index (χ1n) is 11.9. The molecule has 0 saturated carbocycles. The molecule has 0 fully saturated rings. The number of carbonyl (C=O) groups excluding carboxylic acids is 1. The van der Waals surface area contributed by atoms with Gasteiger partial charge in [0.2, 0.25) is 11.7 Å². The third-order valence-corrected chi connectivity index (χ3v) is 7.90. The Morgan fingerprint density at radius 2 is 1.76 bits per heavy atom. The van der Waals surface area contributed by atoms with Gasteiger partial charge in [-0.25, -0.2) is 9.97 Å². The number of amides is 1. The fourth-order valence-corrected chi connectivity index (χ4v) is 5.86. The maximum absolute atomic E-state index is 12.7. The second kappa shape index (κ2) is 13.2.